The van der Waals surface area contributed by atoms with E-state index in [2.05, 4.69) is 11.6 Å². The molecular weight excluding hydrogens is 272 g/mol. The zero-order valence-corrected chi connectivity index (χ0v) is 13.0. The molecule has 0 aliphatic heterocycles. The molecule has 0 spiro atoms. The van der Waals surface area contributed by atoms with Crippen LogP contribution in [0.1, 0.15) is 38.2 Å². The number of nitrogens with one attached hydrogen (secondary N) is 1. The van der Waals surface area contributed by atoms with Gasteiger partial charge in [0, 0.05) is 12.2 Å². The van der Waals surface area contributed by atoms with Crippen LogP contribution in [0.2, 0.25) is 0 Å². The zero-order valence-electron chi connectivity index (χ0n) is 12.2. The van der Waals surface area contributed by atoms with Gasteiger partial charge in [-0.25, -0.2) is 13.1 Å². The third-order valence-electron chi connectivity index (χ3n) is 4.38. The predicted octanol–water partition coefficient (Wildman–Crippen LogP) is 2.68. The minimum atomic E-state index is -3.43. The Morgan fingerprint density at radius 2 is 2.00 bits per heavy atom. The van der Waals surface area contributed by atoms with Crippen molar-refractivity contribution in [3.8, 4) is 0 Å². The van der Waals surface area contributed by atoms with Crippen molar-refractivity contribution in [2.45, 2.75) is 44.4 Å². The molecule has 1 aromatic carbocycles. The SMILES string of the molecule is Cc1cc(S(=O)(=O)NCC2CCCCC2C)ccc1N. The fourth-order valence-electron chi connectivity index (χ4n) is 2.81. The molecule has 3 N–H and O–H groups in total. The van der Waals surface area contributed by atoms with Crippen molar-refractivity contribution in [2.24, 2.45) is 11.8 Å². The summed E-state index contributed by atoms with van der Waals surface area (Å²) in [7, 11) is -3.43. The highest BCUT2D eigenvalue weighted by Crippen LogP contribution is 2.29. The molecule has 1 saturated carbocycles. The number of hydrogen-bond donors (Lipinski definition) is 2. The molecule has 5 heteroatoms. The molecular formula is C15H24N2O2S. The molecule has 1 aromatic rings. The van der Waals surface area contributed by atoms with Crippen molar-refractivity contribution in [1.29, 1.82) is 0 Å². The van der Waals surface area contributed by atoms with E-state index in [1.807, 2.05) is 6.92 Å². The van der Waals surface area contributed by atoms with Gasteiger partial charge in [-0.05, 0) is 48.9 Å². The van der Waals surface area contributed by atoms with E-state index in [1.165, 1.54) is 19.3 Å². The van der Waals surface area contributed by atoms with Gasteiger partial charge in [0.25, 0.3) is 0 Å². The Labute approximate surface area is 121 Å². The summed E-state index contributed by atoms with van der Waals surface area (Å²) in [4.78, 5) is 0.299. The molecule has 2 atom stereocenters. The molecule has 4 nitrogen and oxygen atoms in total. The van der Waals surface area contributed by atoms with Crippen LogP contribution in [0.15, 0.2) is 23.1 Å². The Balaban J connectivity index is 2.05. The van der Waals surface area contributed by atoms with E-state index in [0.29, 0.717) is 29.0 Å². The Bertz CT molecular complexity index is 569. The first-order chi connectivity index (χ1) is 9.40. The smallest absolute Gasteiger partial charge is 0.240 e. The molecule has 0 radical (unpaired) electrons. The van der Waals surface area contributed by atoms with Crippen LogP contribution in [0.5, 0.6) is 0 Å². The standard InChI is InChI=1S/C15H24N2O2S/c1-11-5-3-4-6-13(11)10-17-20(18,19)14-7-8-15(16)12(2)9-14/h7-9,11,13,17H,3-6,10,16H2,1-2H3. The fourth-order valence-corrected chi connectivity index (χ4v) is 3.99. The first kappa shape index (κ1) is 15.3. The van der Waals surface area contributed by atoms with Gasteiger partial charge in [0.2, 0.25) is 10.0 Å². The highest BCUT2D eigenvalue weighted by molar-refractivity contribution is 7.89. The van der Waals surface area contributed by atoms with Crippen LogP contribution in [0, 0.1) is 18.8 Å². The van der Waals surface area contributed by atoms with Crippen molar-refractivity contribution >= 4 is 15.7 Å². The van der Waals surface area contributed by atoms with E-state index >= 15 is 0 Å². The number of rotatable bonds is 4. The second-order valence-electron chi connectivity index (χ2n) is 5.89. The molecule has 0 amide bonds. The molecule has 0 bridgehead atoms. The summed E-state index contributed by atoms with van der Waals surface area (Å²) >= 11 is 0. The number of anilines is 1. The number of nitrogens with two attached hydrogens (primary N) is 1. The maximum Gasteiger partial charge on any atom is 0.240 e. The van der Waals surface area contributed by atoms with Gasteiger partial charge in [-0.15, -0.1) is 0 Å². The summed E-state index contributed by atoms with van der Waals surface area (Å²) in [5.41, 5.74) is 7.13. The minimum absolute atomic E-state index is 0.299. The summed E-state index contributed by atoms with van der Waals surface area (Å²) in [6.45, 7) is 4.57. The highest BCUT2D eigenvalue weighted by atomic mass is 32.2. The van der Waals surface area contributed by atoms with E-state index < -0.39 is 10.0 Å². The third-order valence-corrected chi connectivity index (χ3v) is 5.80. The Hall–Kier alpha value is -1.07. The highest BCUT2D eigenvalue weighted by Gasteiger charge is 2.23. The normalized spacial score (nSPS) is 23.7. The minimum Gasteiger partial charge on any atom is -0.399 e. The lowest BCUT2D eigenvalue weighted by Crippen LogP contribution is -2.33. The van der Waals surface area contributed by atoms with Gasteiger partial charge < -0.3 is 5.73 Å². The molecule has 2 unspecified atom stereocenters. The number of hydrogen-bond acceptors (Lipinski definition) is 3. The second-order valence-corrected chi connectivity index (χ2v) is 7.66. The first-order valence-electron chi connectivity index (χ1n) is 7.26. The molecule has 2 rings (SSSR count). The summed E-state index contributed by atoms with van der Waals surface area (Å²) in [6.07, 6.45) is 4.79. The lowest BCUT2D eigenvalue weighted by atomic mass is 9.81. The van der Waals surface area contributed by atoms with Gasteiger partial charge in [0.15, 0.2) is 0 Å². The topological polar surface area (TPSA) is 72.2 Å². The van der Waals surface area contributed by atoms with E-state index in [1.54, 1.807) is 18.2 Å². The number of aryl methyl sites for hydroxylation is 1. The van der Waals surface area contributed by atoms with E-state index in [0.717, 1.165) is 12.0 Å². The number of nitrogen functional groups attached to an aromatic ring is 1. The Morgan fingerprint density at radius 1 is 1.30 bits per heavy atom. The summed E-state index contributed by atoms with van der Waals surface area (Å²) in [5, 5.41) is 0. The van der Waals surface area contributed by atoms with E-state index in [-0.39, 0.29) is 0 Å². The van der Waals surface area contributed by atoms with Gasteiger partial charge in [-0.1, -0.05) is 26.2 Å². The monoisotopic (exact) mass is 296 g/mol. The third kappa shape index (κ3) is 3.52. The van der Waals surface area contributed by atoms with Gasteiger partial charge in [0.1, 0.15) is 0 Å². The van der Waals surface area contributed by atoms with E-state index in [9.17, 15) is 8.42 Å². The zero-order chi connectivity index (χ0) is 14.8. The molecule has 112 valence electrons. The number of benzene rings is 1. The molecule has 0 heterocycles. The maximum absolute atomic E-state index is 12.3. The van der Waals surface area contributed by atoms with Crippen molar-refractivity contribution < 1.29 is 8.42 Å². The van der Waals surface area contributed by atoms with Crippen LogP contribution in [0.3, 0.4) is 0 Å². The quantitative estimate of drug-likeness (QED) is 0.839. The fraction of sp³-hybridized carbons (Fsp3) is 0.600. The maximum atomic E-state index is 12.3. The molecule has 1 fully saturated rings. The van der Waals surface area contributed by atoms with Crippen LogP contribution in [-0.2, 0) is 10.0 Å². The summed E-state index contributed by atoms with van der Waals surface area (Å²) < 4.78 is 27.3. The molecule has 1 aliphatic rings. The summed E-state index contributed by atoms with van der Waals surface area (Å²) in [6, 6.07) is 4.84. The van der Waals surface area contributed by atoms with Crippen LogP contribution >= 0.6 is 0 Å². The van der Waals surface area contributed by atoms with Crippen LogP contribution in [0.25, 0.3) is 0 Å². The Morgan fingerprint density at radius 3 is 2.65 bits per heavy atom. The van der Waals surface area contributed by atoms with Crippen molar-refractivity contribution in [3.05, 3.63) is 23.8 Å². The molecule has 0 saturated heterocycles. The first-order valence-corrected chi connectivity index (χ1v) is 8.74. The van der Waals surface area contributed by atoms with Gasteiger partial charge in [-0.3, -0.25) is 0 Å². The second kappa shape index (κ2) is 6.14. The van der Waals surface area contributed by atoms with Gasteiger partial charge in [-0.2, -0.15) is 0 Å². The van der Waals surface area contributed by atoms with E-state index in [4.69, 9.17) is 5.73 Å². The van der Waals surface area contributed by atoms with Crippen molar-refractivity contribution in [2.75, 3.05) is 12.3 Å². The van der Waals surface area contributed by atoms with Crippen molar-refractivity contribution in [3.63, 3.8) is 0 Å². The lowest BCUT2D eigenvalue weighted by Gasteiger charge is -2.28. The molecule has 20 heavy (non-hydrogen) atoms. The van der Waals surface area contributed by atoms with Crippen LogP contribution in [-0.4, -0.2) is 15.0 Å². The molecule has 1 aliphatic carbocycles. The average molecular weight is 296 g/mol. The largest absolute Gasteiger partial charge is 0.399 e. The van der Waals surface area contributed by atoms with Crippen molar-refractivity contribution in [1.82, 2.24) is 4.72 Å². The van der Waals surface area contributed by atoms with Crippen LogP contribution in [0.4, 0.5) is 5.69 Å². The molecule has 0 aromatic heterocycles. The van der Waals surface area contributed by atoms with Gasteiger partial charge >= 0.3 is 0 Å². The Kier molecular flexibility index (Phi) is 4.70. The average Bonchev–Trinajstić information content (AvgIpc) is 2.41. The predicted molar refractivity (Wildman–Crippen MR) is 81.9 cm³/mol. The van der Waals surface area contributed by atoms with Gasteiger partial charge in [0.05, 0.1) is 4.90 Å². The lowest BCUT2D eigenvalue weighted by molar-refractivity contribution is 0.257. The van der Waals surface area contributed by atoms with Crippen LogP contribution < -0.4 is 10.5 Å². The number of sulfonamides is 1. The summed E-state index contributed by atoms with van der Waals surface area (Å²) in [5.74, 6) is 1.05.